The highest BCUT2D eigenvalue weighted by Gasteiger charge is 2.18. The number of anilines is 1. The van der Waals surface area contributed by atoms with Crippen molar-refractivity contribution < 1.29 is 9.31 Å². The lowest BCUT2D eigenvalue weighted by Gasteiger charge is -2.08. The first kappa shape index (κ1) is 16.0. The molecule has 0 radical (unpaired) electrons. The zero-order valence-electron chi connectivity index (χ0n) is 13.0. The van der Waals surface area contributed by atoms with Gasteiger partial charge in [-0.2, -0.15) is 19.7 Å². The molecule has 0 aliphatic carbocycles. The zero-order valence-corrected chi connectivity index (χ0v) is 13.9. The minimum atomic E-state index is -0.467. The standard InChI is InChI=1S/C15H10FN7O2S/c16-10-3-1-9(2-4-10)6-18-13-11-5-12(23(24)25)26-14(11)21-15(20-13)22-8-17-7-19-22/h1-5,7-8H,6H2,(H,18,20,21). The van der Waals surface area contributed by atoms with Crippen LogP contribution in [0.25, 0.3) is 16.2 Å². The number of rotatable bonds is 5. The summed E-state index contributed by atoms with van der Waals surface area (Å²) in [7, 11) is 0. The monoisotopic (exact) mass is 371 g/mol. The quantitative estimate of drug-likeness (QED) is 0.424. The smallest absolute Gasteiger partial charge is 0.326 e. The van der Waals surface area contributed by atoms with E-state index >= 15 is 0 Å². The molecule has 0 atom stereocenters. The maximum atomic E-state index is 13.0. The third-order valence-electron chi connectivity index (χ3n) is 3.54. The van der Waals surface area contributed by atoms with E-state index in [2.05, 4.69) is 25.4 Å². The highest BCUT2D eigenvalue weighted by atomic mass is 32.1. The molecule has 0 unspecified atom stereocenters. The fourth-order valence-electron chi connectivity index (χ4n) is 2.32. The summed E-state index contributed by atoms with van der Waals surface area (Å²) in [6.07, 6.45) is 2.78. The van der Waals surface area contributed by atoms with Crippen LogP contribution in [0, 0.1) is 15.9 Å². The average molecular weight is 371 g/mol. The number of hydrogen-bond acceptors (Lipinski definition) is 8. The van der Waals surface area contributed by atoms with E-state index in [0.29, 0.717) is 22.6 Å². The van der Waals surface area contributed by atoms with Crippen LogP contribution in [0.15, 0.2) is 43.0 Å². The highest BCUT2D eigenvalue weighted by molar-refractivity contribution is 7.21. The van der Waals surface area contributed by atoms with E-state index in [-0.39, 0.29) is 16.8 Å². The van der Waals surface area contributed by atoms with Crippen molar-refractivity contribution in [2.75, 3.05) is 5.32 Å². The largest absolute Gasteiger partial charge is 0.365 e. The molecular formula is C15H10FN7O2S. The van der Waals surface area contributed by atoms with Gasteiger partial charge in [-0.1, -0.05) is 12.1 Å². The third kappa shape index (κ3) is 3.07. The Labute approximate surface area is 149 Å². The zero-order chi connectivity index (χ0) is 18.1. The predicted molar refractivity (Wildman–Crippen MR) is 92.7 cm³/mol. The van der Waals surface area contributed by atoms with Gasteiger partial charge in [0.05, 0.1) is 10.3 Å². The van der Waals surface area contributed by atoms with Gasteiger partial charge in [0.15, 0.2) is 0 Å². The van der Waals surface area contributed by atoms with E-state index in [0.717, 1.165) is 16.9 Å². The molecule has 9 nitrogen and oxygen atoms in total. The molecule has 4 aromatic rings. The molecule has 3 heterocycles. The Bertz CT molecular complexity index is 1080. The summed E-state index contributed by atoms with van der Waals surface area (Å²) in [5.41, 5.74) is 0.838. The van der Waals surface area contributed by atoms with Crippen LogP contribution in [-0.4, -0.2) is 29.7 Å². The van der Waals surface area contributed by atoms with Crippen LogP contribution < -0.4 is 5.32 Å². The Balaban J connectivity index is 1.74. The van der Waals surface area contributed by atoms with Gasteiger partial charge >= 0.3 is 5.00 Å². The van der Waals surface area contributed by atoms with Crippen LogP contribution >= 0.6 is 11.3 Å². The van der Waals surface area contributed by atoms with Crippen LogP contribution in [0.4, 0.5) is 15.2 Å². The van der Waals surface area contributed by atoms with Gasteiger partial charge in [-0.05, 0) is 29.0 Å². The Kier molecular flexibility index (Phi) is 3.97. The van der Waals surface area contributed by atoms with Crippen molar-refractivity contribution >= 4 is 32.4 Å². The fourth-order valence-corrected chi connectivity index (χ4v) is 3.17. The summed E-state index contributed by atoms with van der Waals surface area (Å²) in [6.45, 7) is 0.368. The number of fused-ring (bicyclic) bond motifs is 1. The molecule has 1 aromatic carbocycles. The summed E-state index contributed by atoms with van der Waals surface area (Å²) in [4.78, 5) is 23.7. The molecule has 0 aliphatic rings. The summed E-state index contributed by atoms with van der Waals surface area (Å²) in [6, 6.07) is 7.45. The lowest BCUT2D eigenvalue weighted by atomic mass is 10.2. The van der Waals surface area contributed by atoms with Crippen LogP contribution in [0.3, 0.4) is 0 Å². The maximum Gasteiger partial charge on any atom is 0.326 e. The van der Waals surface area contributed by atoms with Gasteiger partial charge < -0.3 is 5.32 Å². The van der Waals surface area contributed by atoms with E-state index in [1.807, 2.05) is 0 Å². The van der Waals surface area contributed by atoms with E-state index in [4.69, 9.17) is 0 Å². The summed E-state index contributed by atoms with van der Waals surface area (Å²) >= 11 is 0.953. The van der Waals surface area contributed by atoms with Crippen molar-refractivity contribution in [3.05, 3.63) is 64.5 Å². The molecule has 0 spiro atoms. The normalized spacial score (nSPS) is 11.0. The molecule has 0 saturated carbocycles. The van der Waals surface area contributed by atoms with Crippen molar-refractivity contribution in [3.8, 4) is 5.95 Å². The number of benzene rings is 1. The van der Waals surface area contributed by atoms with Crippen molar-refractivity contribution in [1.82, 2.24) is 24.7 Å². The van der Waals surface area contributed by atoms with Crippen molar-refractivity contribution in [2.45, 2.75) is 6.54 Å². The van der Waals surface area contributed by atoms with Gasteiger partial charge in [-0.15, -0.1) is 0 Å². The third-order valence-corrected chi connectivity index (χ3v) is 4.53. The Morgan fingerprint density at radius 1 is 1.27 bits per heavy atom. The summed E-state index contributed by atoms with van der Waals surface area (Å²) in [5.74, 6) is 0.350. The van der Waals surface area contributed by atoms with Gasteiger partial charge in [0.1, 0.15) is 29.1 Å². The van der Waals surface area contributed by atoms with Gasteiger partial charge in [-0.25, -0.2) is 9.37 Å². The molecule has 26 heavy (non-hydrogen) atoms. The first-order chi connectivity index (χ1) is 12.6. The number of nitro groups is 1. The Morgan fingerprint density at radius 3 is 2.77 bits per heavy atom. The molecule has 1 N–H and O–H groups in total. The SMILES string of the molecule is O=[N+]([O-])c1cc2c(NCc3ccc(F)cc3)nc(-n3cncn3)nc2s1. The molecule has 4 rings (SSSR count). The van der Waals surface area contributed by atoms with Crippen LogP contribution in [0.5, 0.6) is 0 Å². The van der Waals surface area contributed by atoms with Crippen molar-refractivity contribution in [3.63, 3.8) is 0 Å². The van der Waals surface area contributed by atoms with Crippen molar-refractivity contribution in [1.29, 1.82) is 0 Å². The number of nitrogens with one attached hydrogen (secondary N) is 1. The minimum Gasteiger partial charge on any atom is -0.365 e. The lowest BCUT2D eigenvalue weighted by Crippen LogP contribution is -2.07. The van der Waals surface area contributed by atoms with E-state index in [1.54, 1.807) is 12.1 Å². The number of thiophene rings is 1. The minimum absolute atomic E-state index is 0.0325. The van der Waals surface area contributed by atoms with Crippen LogP contribution in [0.1, 0.15) is 5.56 Å². The van der Waals surface area contributed by atoms with Gasteiger partial charge in [0, 0.05) is 12.6 Å². The average Bonchev–Trinajstić information content (AvgIpc) is 3.30. The van der Waals surface area contributed by atoms with Crippen molar-refractivity contribution in [2.24, 2.45) is 0 Å². The number of hydrogen-bond donors (Lipinski definition) is 1. The number of halogens is 1. The summed E-state index contributed by atoms with van der Waals surface area (Å²) < 4.78 is 14.4. The van der Waals surface area contributed by atoms with Crippen LogP contribution in [0.2, 0.25) is 0 Å². The lowest BCUT2D eigenvalue weighted by molar-refractivity contribution is -0.380. The van der Waals surface area contributed by atoms with Gasteiger partial charge in [0.2, 0.25) is 0 Å². The molecule has 0 amide bonds. The molecular weight excluding hydrogens is 361 g/mol. The Morgan fingerprint density at radius 2 is 2.08 bits per heavy atom. The maximum absolute atomic E-state index is 13.0. The molecule has 11 heteroatoms. The van der Waals surface area contributed by atoms with Gasteiger partial charge in [-0.3, -0.25) is 10.1 Å². The van der Waals surface area contributed by atoms with Crippen LogP contribution in [-0.2, 0) is 6.54 Å². The predicted octanol–water partition coefficient (Wildman–Crippen LogP) is 2.93. The van der Waals surface area contributed by atoms with E-state index in [9.17, 15) is 14.5 Å². The first-order valence-corrected chi connectivity index (χ1v) is 8.21. The second-order valence-corrected chi connectivity index (χ2v) is 6.26. The molecule has 0 bridgehead atoms. The number of nitrogens with zero attached hydrogens (tertiary/aromatic N) is 6. The first-order valence-electron chi connectivity index (χ1n) is 7.39. The molecule has 0 aliphatic heterocycles. The second-order valence-electron chi connectivity index (χ2n) is 5.25. The second kappa shape index (κ2) is 6.44. The highest BCUT2D eigenvalue weighted by Crippen LogP contribution is 2.34. The topological polar surface area (TPSA) is 112 Å². The number of aromatic nitrogens is 5. The molecule has 0 fully saturated rings. The molecule has 0 saturated heterocycles. The Hall–Kier alpha value is -3.47. The van der Waals surface area contributed by atoms with E-state index in [1.165, 1.54) is 35.5 Å². The fraction of sp³-hybridized carbons (Fsp3) is 0.0667. The van der Waals surface area contributed by atoms with Gasteiger partial charge in [0.25, 0.3) is 5.95 Å². The summed E-state index contributed by atoms with van der Waals surface area (Å²) in [5, 5.41) is 18.7. The van der Waals surface area contributed by atoms with E-state index < -0.39 is 4.92 Å². The molecule has 3 aromatic heterocycles. The molecule has 130 valence electrons.